The average Bonchev–Trinajstić information content (AvgIpc) is 2.40. The van der Waals surface area contributed by atoms with E-state index in [0.717, 1.165) is 0 Å². The van der Waals surface area contributed by atoms with Crippen LogP contribution in [-0.4, -0.2) is 23.8 Å². The molecular formula is C14H12O4. The fourth-order valence-electron chi connectivity index (χ4n) is 1.91. The Balaban J connectivity index is 2.65. The van der Waals surface area contributed by atoms with E-state index >= 15 is 0 Å². The van der Waals surface area contributed by atoms with Gasteiger partial charge in [0.05, 0.1) is 7.11 Å². The molecule has 92 valence electrons. The highest BCUT2D eigenvalue weighted by Crippen LogP contribution is 2.31. The van der Waals surface area contributed by atoms with Crippen molar-refractivity contribution in [2.24, 2.45) is 0 Å². The van der Waals surface area contributed by atoms with E-state index in [9.17, 15) is 14.7 Å². The third kappa shape index (κ3) is 1.72. The van der Waals surface area contributed by atoms with E-state index < -0.39 is 11.6 Å². The maximum atomic E-state index is 11.9. The number of aliphatic hydroxyl groups is 1. The van der Waals surface area contributed by atoms with Crippen molar-refractivity contribution in [3.05, 3.63) is 47.6 Å². The second-order valence-electron chi connectivity index (χ2n) is 3.89. The lowest BCUT2D eigenvalue weighted by Crippen LogP contribution is -2.23. The van der Waals surface area contributed by atoms with Crippen molar-refractivity contribution in [3.8, 4) is 5.75 Å². The van der Waals surface area contributed by atoms with Crippen LogP contribution in [0.1, 0.15) is 22.3 Å². The zero-order chi connectivity index (χ0) is 13.3. The molecule has 1 aromatic carbocycles. The van der Waals surface area contributed by atoms with Gasteiger partial charge >= 0.3 is 0 Å². The third-order valence-electron chi connectivity index (χ3n) is 2.84. The maximum Gasteiger partial charge on any atom is 0.234 e. The first-order valence-electron chi connectivity index (χ1n) is 5.40. The molecular weight excluding hydrogens is 232 g/mol. The lowest BCUT2D eigenvalue weighted by molar-refractivity contribution is -0.112. The van der Waals surface area contributed by atoms with Crippen LogP contribution < -0.4 is 4.74 Å². The Morgan fingerprint density at radius 3 is 2.61 bits per heavy atom. The fraction of sp³-hybridized carbons (Fsp3) is 0.143. The summed E-state index contributed by atoms with van der Waals surface area (Å²) in [6, 6.07) is 4.65. The van der Waals surface area contributed by atoms with Crippen molar-refractivity contribution in [1.82, 2.24) is 0 Å². The Hall–Kier alpha value is -2.36. The van der Waals surface area contributed by atoms with Crippen molar-refractivity contribution in [2.45, 2.75) is 6.42 Å². The summed E-state index contributed by atoms with van der Waals surface area (Å²) in [5.74, 6) is -1.00. The highest BCUT2D eigenvalue weighted by atomic mass is 16.5. The van der Waals surface area contributed by atoms with Gasteiger partial charge in [0.2, 0.25) is 11.6 Å². The van der Waals surface area contributed by atoms with E-state index in [1.54, 1.807) is 12.1 Å². The molecule has 2 rings (SSSR count). The second kappa shape index (κ2) is 4.49. The van der Waals surface area contributed by atoms with Crippen LogP contribution in [0.3, 0.4) is 0 Å². The smallest absolute Gasteiger partial charge is 0.234 e. The van der Waals surface area contributed by atoms with Gasteiger partial charge in [-0.3, -0.25) is 9.59 Å². The van der Waals surface area contributed by atoms with Crippen LogP contribution >= 0.6 is 0 Å². The van der Waals surface area contributed by atoms with Gasteiger partial charge in [0, 0.05) is 16.7 Å². The Kier molecular flexibility index (Phi) is 3.02. The van der Waals surface area contributed by atoms with Crippen LogP contribution in [-0.2, 0) is 4.79 Å². The summed E-state index contributed by atoms with van der Waals surface area (Å²) in [4.78, 5) is 23.8. The molecule has 18 heavy (non-hydrogen) atoms. The summed E-state index contributed by atoms with van der Waals surface area (Å²) >= 11 is 0. The first kappa shape index (κ1) is 12.1. The molecule has 4 nitrogen and oxygen atoms in total. The summed E-state index contributed by atoms with van der Waals surface area (Å²) < 4.78 is 5.00. The van der Waals surface area contributed by atoms with E-state index in [2.05, 4.69) is 6.58 Å². The number of hydrogen-bond acceptors (Lipinski definition) is 4. The number of hydrogen-bond donors (Lipinski definition) is 1. The number of fused-ring (bicyclic) bond motifs is 1. The minimum absolute atomic E-state index is 0.0904. The molecule has 0 spiro atoms. The van der Waals surface area contributed by atoms with E-state index in [-0.39, 0.29) is 23.3 Å². The molecule has 0 aliphatic heterocycles. The van der Waals surface area contributed by atoms with E-state index in [0.29, 0.717) is 11.3 Å². The van der Waals surface area contributed by atoms with Gasteiger partial charge in [-0.25, -0.2) is 0 Å². The van der Waals surface area contributed by atoms with Gasteiger partial charge in [0.25, 0.3) is 0 Å². The minimum atomic E-state index is -0.687. The number of methoxy groups -OCH3 is 1. The number of carbonyl (C=O) groups is 2. The fourth-order valence-corrected chi connectivity index (χ4v) is 1.91. The normalized spacial score (nSPS) is 14.5. The number of aliphatic hydroxyl groups excluding tert-OH is 1. The molecule has 0 atom stereocenters. The molecule has 0 unspecified atom stereocenters. The van der Waals surface area contributed by atoms with Crippen LogP contribution in [0.5, 0.6) is 5.75 Å². The van der Waals surface area contributed by atoms with Gasteiger partial charge < -0.3 is 9.84 Å². The van der Waals surface area contributed by atoms with Crippen LogP contribution in [0.4, 0.5) is 0 Å². The van der Waals surface area contributed by atoms with Crippen LogP contribution in [0.25, 0.3) is 5.76 Å². The molecule has 4 heteroatoms. The van der Waals surface area contributed by atoms with Crippen molar-refractivity contribution in [2.75, 3.05) is 7.11 Å². The summed E-state index contributed by atoms with van der Waals surface area (Å²) in [5, 5.41) is 10.0. The number of rotatable bonds is 3. The topological polar surface area (TPSA) is 63.6 Å². The lowest BCUT2D eigenvalue weighted by Gasteiger charge is -2.17. The quantitative estimate of drug-likeness (QED) is 0.654. The molecule has 0 heterocycles. The molecule has 1 aliphatic rings. The number of carbonyl (C=O) groups excluding carboxylic acids is 2. The number of ketones is 2. The van der Waals surface area contributed by atoms with Gasteiger partial charge in [-0.1, -0.05) is 6.08 Å². The molecule has 1 N–H and O–H groups in total. The molecule has 0 bridgehead atoms. The Morgan fingerprint density at radius 2 is 2.00 bits per heavy atom. The first-order valence-corrected chi connectivity index (χ1v) is 5.40. The molecule has 0 radical (unpaired) electrons. The molecule has 0 aromatic heterocycles. The van der Waals surface area contributed by atoms with E-state index in [1.807, 2.05) is 0 Å². The summed E-state index contributed by atoms with van der Waals surface area (Å²) in [5.41, 5.74) is 0.620. The van der Waals surface area contributed by atoms with Crippen LogP contribution in [0.15, 0.2) is 36.4 Å². The molecule has 0 amide bonds. The van der Waals surface area contributed by atoms with E-state index in [1.165, 1.54) is 19.3 Å². The highest BCUT2D eigenvalue weighted by molar-refractivity contribution is 6.52. The third-order valence-corrected chi connectivity index (χ3v) is 2.84. The highest BCUT2D eigenvalue weighted by Gasteiger charge is 2.32. The Bertz CT molecular complexity index is 581. The van der Waals surface area contributed by atoms with Gasteiger partial charge in [-0.2, -0.15) is 0 Å². The molecule has 0 saturated carbocycles. The van der Waals surface area contributed by atoms with E-state index in [4.69, 9.17) is 4.74 Å². The summed E-state index contributed by atoms with van der Waals surface area (Å²) in [6.07, 6.45) is 1.65. The summed E-state index contributed by atoms with van der Waals surface area (Å²) in [7, 11) is 1.47. The van der Waals surface area contributed by atoms with Crippen LogP contribution in [0, 0.1) is 0 Å². The monoisotopic (exact) mass is 244 g/mol. The van der Waals surface area contributed by atoms with Gasteiger partial charge in [-0.05, 0) is 24.6 Å². The first-order chi connectivity index (χ1) is 8.60. The molecule has 1 aromatic rings. The van der Waals surface area contributed by atoms with Crippen molar-refractivity contribution >= 4 is 17.3 Å². The number of Topliss-reactive ketones (excluding diaryl/α,β-unsaturated/α-hetero) is 2. The van der Waals surface area contributed by atoms with Crippen molar-refractivity contribution < 1.29 is 19.4 Å². The van der Waals surface area contributed by atoms with Gasteiger partial charge in [0.15, 0.2) is 0 Å². The standard InChI is InChI=1S/C14H12O4/c1-3-4-10-12(15)9-6-5-8(18-2)7-11(9)14(17)13(10)16/h3,5-7,15H,1,4H2,2H3. The van der Waals surface area contributed by atoms with Crippen LogP contribution in [0.2, 0.25) is 0 Å². The zero-order valence-corrected chi connectivity index (χ0v) is 9.90. The minimum Gasteiger partial charge on any atom is -0.507 e. The molecule has 1 aliphatic carbocycles. The van der Waals surface area contributed by atoms with Gasteiger partial charge in [0.1, 0.15) is 11.5 Å². The average molecular weight is 244 g/mol. The largest absolute Gasteiger partial charge is 0.507 e. The van der Waals surface area contributed by atoms with Gasteiger partial charge in [-0.15, -0.1) is 6.58 Å². The van der Waals surface area contributed by atoms with Crippen molar-refractivity contribution in [1.29, 1.82) is 0 Å². The molecule has 0 saturated heterocycles. The SMILES string of the molecule is C=CCC1=C(O)c2ccc(OC)cc2C(=O)C1=O. The molecule has 0 fully saturated rings. The predicted octanol–water partition coefficient (Wildman–Crippen LogP) is 2.31. The predicted molar refractivity (Wildman–Crippen MR) is 66.7 cm³/mol. The second-order valence-corrected chi connectivity index (χ2v) is 3.89. The number of allylic oxidation sites excluding steroid dienone is 2. The van der Waals surface area contributed by atoms with Crippen molar-refractivity contribution in [3.63, 3.8) is 0 Å². The maximum absolute atomic E-state index is 11.9. The zero-order valence-electron chi connectivity index (χ0n) is 9.90. The summed E-state index contributed by atoms with van der Waals surface area (Å²) in [6.45, 7) is 3.50. The number of ether oxygens (including phenoxy) is 1. The Morgan fingerprint density at radius 1 is 1.28 bits per heavy atom. The lowest BCUT2D eigenvalue weighted by atomic mass is 9.87. The Labute approximate surface area is 104 Å². The number of benzene rings is 1.